The molecule has 1 amide bonds. The molecule has 122 valence electrons. The molecule has 2 N–H and O–H groups in total. The van der Waals surface area contributed by atoms with Crippen LogP contribution in [0.1, 0.15) is 24.9 Å². The highest BCUT2D eigenvalue weighted by atomic mass is 16.5. The maximum atomic E-state index is 12.2. The molecule has 2 heterocycles. The molecule has 0 bridgehead atoms. The minimum atomic E-state index is -0.000909. The lowest BCUT2D eigenvalue weighted by molar-refractivity contribution is -0.121. The van der Waals surface area contributed by atoms with Crippen molar-refractivity contribution < 1.29 is 9.53 Å². The van der Waals surface area contributed by atoms with Gasteiger partial charge in [-0.3, -0.25) is 9.48 Å². The summed E-state index contributed by atoms with van der Waals surface area (Å²) in [6.45, 7) is 3.70. The van der Waals surface area contributed by atoms with Crippen LogP contribution in [0.4, 0.5) is 0 Å². The fourth-order valence-corrected chi connectivity index (χ4v) is 2.76. The van der Waals surface area contributed by atoms with E-state index in [2.05, 4.69) is 15.7 Å². The van der Waals surface area contributed by atoms with E-state index >= 15 is 0 Å². The van der Waals surface area contributed by atoms with Gasteiger partial charge in [0.1, 0.15) is 5.75 Å². The molecule has 0 saturated carbocycles. The van der Waals surface area contributed by atoms with Crippen LogP contribution in [-0.2, 0) is 11.3 Å². The summed E-state index contributed by atoms with van der Waals surface area (Å²) < 4.78 is 7.47. The Labute approximate surface area is 135 Å². The summed E-state index contributed by atoms with van der Waals surface area (Å²) in [5, 5.41) is 10.5. The number of nitrogens with zero attached hydrogens (tertiary/aromatic N) is 2. The van der Waals surface area contributed by atoms with E-state index in [1.807, 2.05) is 48.1 Å². The van der Waals surface area contributed by atoms with Gasteiger partial charge in [-0.2, -0.15) is 5.10 Å². The van der Waals surface area contributed by atoms with Crippen molar-refractivity contribution in [1.29, 1.82) is 0 Å². The number of rotatable bonds is 6. The molecule has 1 aromatic heterocycles. The Morgan fingerprint density at radius 2 is 2.30 bits per heavy atom. The van der Waals surface area contributed by atoms with Crippen LogP contribution >= 0.6 is 0 Å². The van der Waals surface area contributed by atoms with Gasteiger partial charge < -0.3 is 15.4 Å². The Morgan fingerprint density at radius 1 is 1.43 bits per heavy atom. The monoisotopic (exact) mass is 314 g/mol. The lowest BCUT2D eigenvalue weighted by Gasteiger charge is -2.27. The summed E-state index contributed by atoms with van der Waals surface area (Å²) in [5.74, 6) is 0.864. The molecule has 2 aromatic rings. The molecule has 0 radical (unpaired) electrons. The Morgan fingerprint density at radius 3 is 3.13 bits per heavy atom. The highest BCUT2D eigenvalue weighted by Gasteiger charge is 2.22. The molecule has 1 aromatic carbocycles. The van der Waals surface area contributed by atoms with Crippen LogP contribution in [0.2, 0.25) is 0 Å². The molecule has 0 fully saturated rings. The number of aromatic nitrogens is 2. The van der Waals surface area contributed by atoms with Crippen molar-refractivity contribution in [3.63, 3.8) is 0 Å². The molecule has 23 heavy (non-hydrogen) atoms. The van der Waals surface area contributed by atoms with Gasteiger partial charge in [-0.05, 0) is 19.1 Å². The molecule has 2 unspecified atom stereocenters. The minimum absolute atomic E-state index is 0.000909. The van der Waals surface area contributed by atoms with Crippen LogP contribution in [0.15, 0.2) is 42.7 Å². The maximum absolute atomic E-state index is 12.2. The van der Waals surface area contributed by atoms with Gasteiger partial charge in [0.05, 0.1) is 25.7 Å². The van der Waals surface area contributed by atoms with E-state index in [9.17, 15) is 4.79 Å². The van der Waals surface area contributed by atoms with E-state index in [-0.39, 0.29) is 18.0 Å². The van der Waals surface area contributed by atoms with Gasteiger partial charge in [-0.15, -0.1) is 0 Å². The van der Waals surface area contributed by atoms with Crippen molar-refractivity contribution in [2.75, 3.05) is 13.2 Å². The van der Waals surface area contributed by atoms with E-state index in [0.29, 0.717) is 13.2 Å². The minimum Gasteiger partial charge on any atom is -0.493 e. The van der Waals surface area contributed by atoms with Gasteiger partial charge >= 0.3 is 0 Å². The second-order valence-corrected chi connectivity index (χ2v) is 5.81. The van der Waals surface area contributed by atoms with Crippen LogP contribution in [0.25, 0.3) is 0 Å². The van der Waals surface area contributed by atoms with E-state index in [1.165, 1.54) is 0 Å². The first-order valence-corrected chi connectivity index (χ1v) is 7.94. The maximum Gasteiger partial charge on any atom is 0.234 e. The summed E-state index contributed by atoms with van der Waals surface area (Å²) in [6, 6.07) is 9.95. The summed E-state index contributed by atoms with van der Waals surface area (Å²) in [7, 11) is 0. The van der Waals surface area contributed by atoms with E-state index in [4.69, 9.17) is 4.74 Å². The lowest BCUT2D eigenvalue weighted by atomic mass is 10.0. The summed E-state index contributed by atoms with van der Waals surface area (Å²) in [6.07, 6.45) is 4.46. The highest BCUT2D eigenvalue weighted by Crippen LogP contribution is 2.31. The third kappa shape index (κ3) is 4.10. The Hall–Kier alpha value is -2.34. The predicted molar refractivity (Wildman–Crippen MR) is 87.1 cm³/mol. The topological polar surface area (TPSA) is 68.2 Å². The largest absolute Gasteiger partial charge is 0.493 e. The zero-order chi connectivity index (χ0) is 16.1. The Bertz CT molecular complexity index is 642. The Kier molecular flexibility index (Phi) is 4.92. The van der Waals surface area contributed by atoms with Crippen molar-refractivity contribution in [3.05, 3.63) is 48.3 Å². The lowest BCUT2D eigenvalue weighted by Crippen LogP contribution is -2.41. The van der Waals surface area contributed by atoms with Crippen molar-refractivity contribution in [1.82, 2.24) is 20.4 Å². The molecule has 0 spiro atoms. The van der Waals surface area contributed by atoms with E-state index < -0.39 is 0 Å². The van der Waals surface area contributed by atoms with Crippen LogP contribution in [0.3, 0.4) is 0 Å². The number of ether oxygens (including phenoxy) is 1. The van der Waals surface area contributed by atoms with Crippen molar-refractivity contribution in [3.8, 4) is 5.75 Å². The molecule has 1 aliphatic heterocycles. The molecule has 6 nitrogen and oxygen atoms in total. The molecular formula is C17H22N4O2. The molecule has 0 aliphatic carbocycles. The van der Waals surface area contributed by atoms with Gasteiger partial charge in [-0.1, -0.05) is 18.2 Å². The summed E-state index contributed by atoms with van der Waals surface area (Å²) in [4.78, 5) is 12.2. The number of carbonyl (C=O) groups is 1. The number of carbonyl (C=O) groups excluding carboxylic acids is 1. The number of hydrogen-bond donors (Lipinski definition) is 2. The summed E-state index contributed by atoms with van der Waals surface area (Å²) in [5.41, 5.74) is 1.05. The zero-order valence-corrected chi connectivity index (χ0v) is 13.2. The number of hydrogen-bond acceptors (Lipinski definition) is 4. The SMILES string of the molecule is CC(Cn1cccn1)NCC(=O)NC1CCOc2ccccc21. The first-order valence-electron chi connectivity index (χ1n) is 7.94. The highest BCUT2D eigenvalue weighted by molar-refractivity contribution is 5.78. The van der Waals surface area contributed by atoms with Gasteiger partial charge in [0.25, 0.3) is 0 Å². The van der Waals surface area contributed by atoms with Gasteiger partial charge in [0, 0.05) is 30.4 Å². The van der Waals surface area contributed by atoms with Gasteiger partial charge in [0.15, 0.2) is 0 Å². The number of fused-ring (bicyclic) bond motifs is 1. The van der Waals surface area contributed by atoms with Gasteiger partial charge in [-0.25, -0.2) is 0 Å². The van der Waals surface area contributed by atoms with Crippen molar-refractivity contribution in [2.45, 2.75) is 32.0 Å². The van der Waals surface area contributed by atoms with Crippen LogP contribution in [-0.4, -0.2) is 34.9 Å². The van der Waals surface area contributed by atoms with E-state index in [1.54, 1.807) is 6.20 Å². The quantitative estimate of drug-likeness (QED) is 0.848. The fourth-order valence-electron chi connectivity index (χ4n) is 2.76. The standard InChI is InChI=1S/C17H22N4O2/c1-13(12-21-9-4-8-19-21)18-11-17(22)20-15-7-10-23-16-6-3-2-5-14(15)16/h2-6,8-9,13,15,18H,7,10-12H2,1H3,(H,20,22). The first kappa shape index (κ1) is 15.6. The normalized spacial score (nSPS) is 17.9. The second-order valence-electron chi connectivity index (χ2n) is 5.81. The van der Waals surface area contributed by atoms with Crippen molar-refractivity contribution >= 4 is 5.91 Å². The van der Waals surface area contributed by atoms with Crippen LogP contribution in [0.5, 0.6) is 5.75 Å². The molecule has 2 atom stereocenters. The van der Waals surface area contributed by atoms with Crippen LogP contribution < -0.4 is 15.4 Å². The third-order valence-electron chi connectivity index (χ3n) is 3.92. The van der Waals surface area contributed by atoms with E-state index in [0.717, 1.165) is 24.3 Å². The number of nitrogens with one attached hydrogen (secondary N) is 2. The molecule has 3 rings (SSSR count). The smallest absolute Gasteiger partial charge is 0.234 e. The molecular weight excluding hydrogens is 292 g/mol. The Balaban J connectivity index is 1.48. The predicted octanol–water partition coefficient (Wildman–Crippen LogP) is 1.50. The number of para-hydroxylation sites is 1. The molecule has 1 aliphatic rings. The average Bonchev–Trinajstić information content (AvgIpc) is 3.06. The van der Waals surface area contributed by atoms with Crippen LogP contribution in [0, 0.1) is 0 Å². The fraction of sp³-hybridized carbons (Fsp3) is 0.412. The third-order valence-corrected chi connectivity index (χ3v) is 3.92. The zero-order valence-electron chi connectivity index (χ0n) is 13.2. The second kappa shape index (κ2) is 7.28. The first-order chi connectivity index (χ1) is 11.2. The number of benzene rings is 1. The summed E-state index contributed by atoms with van der Waals surface area (Å²) >= 11 is 0. The average molecular weight is 314 g/mol. The molecule has 0 saturated heterocycles. The molecule has 6 heteroatoms. The van der Waals surface area contributed by atoms with Gasteiger partial charge in [0.2, 0.25) is 5.91 Å². The number of amides is 1. The van der Waals surface area contributed by atoms with Crippen molar-refractivity contribution in [2.24, 2.45) is 0 Å².